The van der Waals surface area contributed by atoms with E-state index in [0.29, 0.717) is 38.8 Å². The number of nitrogens with zero attached hydrogens (tertiary/aromatic N) is 2. The predicted molar refractivity (Wildman–Crippen MR) is 121 cm³/mol. The smallest absolute Gasteiger partial charge is 0.238 e. The fraction of sp³-hybridized carbons (Fsp3) is 0.381. The number of piperazine rings is 1. The Bertz CT molecular complexity index is 882. The highest BCUT2D eigenvalue weighted by Gasteiger charge is 2.21. The maximum atomic E-state index is 12.6. The monoisotopic (exact) mass is 471 g/mol. The molecule has 1 amide bonds. The molecule has 1 heterocycles. The Balaban J connectivity index is 1.53. The average molecular weight is 473 g/mol. The van der Waals surface area contributed by atoms with Crippen molar-refractivity contribution in [3.8, 4) is 11.5 Å². The highest BCUT2D eigenvalue weighted by atomic mass is 35.5. The van der Waals surface area contributed by atoms with Gasteiger partial charge in [-0.15, -0.1) is 0 Å². The van der Waals surface area contributed by atoms with Crippen molar-refractivity contribution in [1.29, 1.82) is 0 Å². The normalized spacial score (nSPS) is 15.1. The Labute approximate surface area is 191 Å². The largest absolute Gasteiger partial charge is 0.495 e. The fourth-order valence-corrected chi connectivity index (χ4v) is 4.11. The van der Waals surface area contributed by atoms with Gasteiger partial charge in [-0.25, -0.2) is 0 Å². The minimum atomic E-state index is -0.125. The summed E-state index contributed by atoms with van der Waals surface area (Å²) in [4.78, 5) is 17.0. The van der Waals surface area contributed by atoms with Crippen LogP contribution >= 0.6 is 34.8 Å². The molecule has 0 radical (unpaired) electrons. The van der Waals surface area contributed by atoms with Gasteiger partial charge in [0.15, 0.2) is 0 Å². The lowest BCUT2D eigenvalue weighted by atomic mass is 10.2. The third kappa shape index (κ3) is 5.71. The van der Waals surface area contributed by atoms with E-state index in [0.717, 1.165) is 31.7 Å². The molecule has 1 aliphatic rings. The minimum Gasteiger partial charge on any atom is -0.495 e. The van der Waals surface area contributed by atoms with Crippen LogP contribution in [0.15, 0.2) is 30.3 Å². The Morgan fingerprint density at radius 1 is 0.933 bits per heavy atom. The van der Waals surface area contributed by atoms with Crippen LogP contribution in [0.3, 0.4) is 0 Å². The molecule has 162 valence electrons. The van der Waals surface area contributed by atoms with E-state index in [1.165, 1.54) is 14.2 Å². The Morgan fingerprint density at radius 3 is 2.13 bits per heavy atom. The zero-order valence-electron chi connectivity index (χ0n) is 16.9. The second kappa shape index (κ2) is 10.6. The summed E-state index contributed by atoms with van der Waals surface area (Å²) in [6.07, 6.45) is 0. The van der Waals surface area contributed by atoms with Crippen molar-refractivity contribution in [2.75, 3.05) is 52.3 Å². The molecule has 1 fully saturated rings. The van der Waals surface area contributed by atoms with Gasteiger partial charge in [0.2, 0.25) is 5.91 Å². The number of halogens is 3. The molecule has 2 aromatic carbocycles. The second-order valence-electron chi connectivity index (χ2n) is 6.99. The van der Waals surface area contributed by atoms with Gasteiger partial charge in [0.25, 0.3) is 0 Å². The maximum absolute atomic E-state index is 12.6. The molecular weight excluding hydrogens is 449 g/mol. The number of hydrogen-bond acceptors (Lipinski definition) is 5. The Kier molecular flexibility index (Phi) is 8.08. The number of methoxy groups -OCH3 is 2. The molecule has 1 aliphatic heterocycles. The first kappa shape index (κ1) is 23.0. The van der Waals surface area contributed by atoms with Gasteiger partial charge in [0, 0.05) is 60.5 Å². The molecular formula is C21H24Cl3N3O3. The summed E-state index contributed by atoms with van der Waals surface area (Å²) in [5, 5.41) is 4.66. The highest BCUT2D eigenvalue weighted by Crippen LogP contribution is 2.35. The molecule has 0 spiro atoms. The molecule has 0 unspecified atom stereocenters. The number of carbonyl (C=O) groups is 1. The van der Waals surface area contributed by atoms with Gasteiger partial charge in [0.1, 0.15) is 11.5 Å². The van der Waals surface area contributed by atoms with E-state index in [-0.39, 0.29) is 12.5 Å². The minimum absolute atomic E-state index is 0.125. The van der Waals surface area contributed by atoms with E-state index in [2.05, 4.69) is 15.1 Å². The summed E-state index contributed by atoms with van der Waals surface area (Å²) in [7, 11) is 3.05. The topological polar surface area (TPSA) is 54.0 Å². The zero-order valence-corrected chi connectivity index (χ0v) is 19.2. The van der Waals surface area contributed by atoms with Crippen molar-refractivity contribution in [2.24, 2.45) is 0 Å². The summed E-state index contributed by atoms with van der Waals surface area (Å²) >= 11 is 18.7. The first-order valence-electron chi connectivity index (χ1n) is 9.50. The van der Waals surface area contributed by atoms with Crippen molar-refractivity contribution < 1.29 is 14.3 Å². The number of carbonyl (C=O) groups excluding carboxylic acids is 1. The highest BCUT2D eigenvalue weighted by molar-refractivity contribution is 6.36. The van der Waals surface area contributed by atoms with Crippen LogP contribution in [0.2, 0.25) is 15.1 Å². The van der Waals surface area contributed by atoms with E-state index >= 15 is 0 Å². The van der Waals surface area contributed by atoms with E-state index < -0.39 is 0 Å². The van der Waals surface area contributed by atoms with Crippen LogP contribution in [0, 0.1) is 0 Å². The molecule has 0 atom stereocenters. The molecule has 1 N–H and O–H groups in total. The first-order chi connectivity index (χ1) is 14.4. The van der Waals surface area contributed by atoms with Crippen molar-refractivity contribution in [2.45, 2.75) is 6.54 Å². The summed E-state index contributed by atoms with van der Waals surface area (Å²) in [6, 6.07) is 8.82. The summed E-state index contributed by atoms with van der Waals surface area (Å²) < 4.78 is 10.5. The van der Waals surface area contributed by atoms with Gasteiger partial charge in [-0.1, -0.05) is 40.9 Å². The number of ether oxygens (including phenoxy) is 2. The van der Waals surface area contributed by atoms with Gasteiger partial charge in [0.05, 0.1) is 31.5 Å². The molecule has 6 nitrogen and oxygen atoms in total. The zero-order chi connectivity index (χ0) is 21.7. The fourth-order valence-electron chi connectivity index (χ4n) is 3.36. The van der Waals surface area contributed by atoms with Crippen LogP contribution in [0.25, 0.3) is 0 Å². The molecule has 9 heteroatoms. The lowest BCUT2D eigenvalue weighted by Crippen LogP contribution is -2.48. The van der Waals surface area contributed by atoms with Crippen molar-refractivity contribution in [1.82, 2.24) is 9.80 Å². The van der Waals surface area contributed by atoms with Gasteiger partial charge in [-0.3, -0.25) is 14.6 Å². The van der Waals surface area contributed by atoms with E-state index in [9.17, 15) is 4.79 Å². The van der Waals surface area contributed by atoms with Crippen molar-refractivity contribution in [3.63, 3.8) is 0 Å². The molecule has 30 heavy (non-hydrogen) atoms. The number of benzene rings is 2. The molecule has 0 aromatic heterocycles. The number of nitrogens with one attached hydrogen (secondary N) is 1. The van der Waals surface area contributed by atoms with Crippen molar-refractivity contribution >= 4 is 46.4 Å². The lowest BCUT2D eigenvalue weighted by molar-refractivity contribution is -0.117. The van der Waals surface area contributed by atoms with Crippen LogP contribution in [-0.4, -0.2) is 62.7 Å². The third-order valence-corrected chi connectivity index (χ3v) is 6.03. The van der Waals surface area contributed by atoms with E-state index in [1.807, 2.05) is 18.2 Å². The molecule has 2 aromatic rings. The van der Waals surface area contributed by atoms with Gasteiger partial charge < -0.3 is 14.8 Å². The summed E-state index contributed by atoms with van der Waals surface area (Å²) in [5.41, 5.74) is 1.46. The number of anilines is 1. The van der Waals surface area contributed by atoms with Gasteiger partial charge >= 0.3 is 0 Å². The first-order valence-corrected chi connectivity index (χ1v) is 10.6. The Hall–Kier alpha value is -1.70. The maximum Gasteiger partial charge on any atom is 0.238 e. The van der Waals surface area contributed by atoms with Crippen molar-refractivity contribution in [3.05, 3.63) is 51.0 Å². The van der Waals surface area contributed by atoms with Crippen LogP contribution < -0.4 is 14.8 Å². The Morgan fingerprint density at radius 2 is 1.53 bits per heavy atom. The number of rotatable bonds is 7. The molecule has 0 bridgehead atoms. The molecule has 0 saturated carbocycles. The van der Waals surface area contributed by atoms with E-state index in [4.69, 9.17) is 44.3 Å². The predicted octanol–water partition coefficient (Wildman–Crippen LogP) is 4.42. The van der Waals surface area contributed by atoms with Crippen LogP contribution in [0.5, 0.6) is 11.5 Å². The SMILES string of the molecule is COc1cc(NC(=O)CN2CCN(Cc3c(Cl)cccc3Cl)CC2)c(OC)cc1Cl. The van der Waals surface area contributed by atoms with Gasteiger partial charge in [-0.05, 0) is 12.1 Å². The van der Waals surface area contributed by atoms with Crippen LogP contribution in [0.4, 0.5) is 5.69 Å². The van der Waals surface area contributed by atoms with Gasteiger partial charge in [-0.2, -0.15) is 0 Å². The number of amides is 1. The third-order valence-electron chi connectivity index (χ3n) is 5.02. The summed E-state index contributed by atoms with van der Waals surface area (Å²) in [5.74, 6) is 0.829. The molecule has 0 aliphatic carbocycles. The quantitative estimate of drug-likeness (QED) is 0.646. The second-order valence-corrected chi connectivity index (χ2v) is 8.21. The average Bonchev–Trinajstić information content (AvgIpc) is 2.73. The molecule has 1 saturated heterocycles. The van der Waals surface area contributed by atoms with Crippen LogP contribution in [-0.2, 0) is 11.3 Å². The standard InChI is InChI=1S/C21H24Cl3N3O3/c1-29-19-11-18(20(30-2)10-17(19)24)25-21(28)13-27-8-6-26(7-9-27)12-14-15(22)4-3-5-16(14)23/h3-5,10-11H,6-9,12-13H2,1-2H3,(H,25,28). The molecule has 3 rings (SSSR count). The lowest BCUT2D eigenvalue weighted by Gasteiger charge is -2.34. The number of hydrogen-bond donors (Lipinski definition) is 1. The van der Waals surface area contributed by atoms with E-state index in [1.54, 1.807) is 12.1 Å². The van der Waals surface area contributed by atoms with Crippen LogP contribution in [0.1, 0.15) is 5.56 Å². The summed E-state index contributed by atoms with van der Waals surface area (Å²) in [6.45, 7) is 4.18.